The van der Waals surface area contributed by atoms with Crippen LogP contribution in [0.1, 0.15) is 15.2 Å². The normalized spacial score (nSPS) is 10.9. The van der Waals surface area contributed by atoms with Crippen LogP contribution in [0.5, 0.6) is 0 Å². The van der Waals surface area contributed by atoms with Crippen LogP contribution in [0, 0.1) is 5.82 Å². The van der Waals surface area contributed by atoms with Gasteiger partial charge in [-0.05, 0) is 42.0 Å². The molecule has 0 unspecified atom stereocenters. The Morgan fingerprint density at radius 3 is 2.56 bits per heavy atom. The topological polar surface area (TPSA) is 80.9 Å². The van der Waals surface area contributed by atoms with Gasteiger partial charge in [-0.2, -0.15) is 0 Å². The number of hydrogen-bond acceptors (Lipinski definition) is 5. The molecule has 0 aliphatic rings. The maximum Gasteiger partial charge on any atom is 0.263 e. The number of carbonyl (C=O) groups is 1. The summed E-state index contributed by atoms with van der Waals surface area (Å²) in [5.74, 6) is -0.583. The number of amides is 1. The molecule has 0 fully saturated rings. The first kappa shape index (κ1) is 17.1. The highest BCUT2D eigenvalue weighted by Gasteiger charge is 2.17. The molecular weight excluding hydrogens is 363 g/mol. The van der Waals surface area contributed by atoms with Gasteiger partial charge in [0, 0.05) is 29.9 Å². The first-order valence-electron chi connectivity index (χ1n) is 8.24. The molecular formula is C20H15FN4OS. The molecule has 1 aromatic carbocycles. The Morgan fingerprint density at radius 2 is 1.81 bits per heavy atom. The highest BCUT2D eigenvalue weighted by molar-refractivity contribution is 7.21. The molecule has 7 heteroatoms. The Balaban J connectivity index is 1.59. The molecule has 3 aromatic heterocycles. The van der Waals surface area contributed by atoms with Gasteiger partial charge in [0.25, 0.3) is 5.91 Å². The van der Waals surface area contributed by atoms with Crippen LogP contribution in [0.25, 0.3) is 21.5 Å². The third kappa shape index (κ3) is 3.50. The molecule has 0 bridgehead atoms. The quantitative estimate of drug-likeness (QED) is 0.562. The van der Waals surface area contributed by atoms with Gasteiger partial charge in [0.15, 0.2) is 0 Å². The fourth-order valence-corrected chi connectivity index (χ4v) is 3.72. The third-order valence-electron chi connectivity index (χ3n) is 4.14. The summed E-state index contributed by atoms with van der Waals surface area (Å²) in [5.41, 5.74) is 9.13. The van der Waals surface area contributed by atoms with Gasteiger partial charge in [0.1, 0.15) is 15.5 Å². The molecule has 0 atom stereocenters. The van der Waals surface area contributed by atoms with Crippen LogP contribution in [-0.4, -0.2) is 15.9 Å². The van der Waals surface area contributed by atoms with Gasteiger partial charge in [-0.15, -0.1) is 11.3 Å². The maximum atomic E-state index is 13.0. The smallest absolute Gasteiger partial charge is 0.263 e. The molecule has 0 spiro atoms. The van der Waals surface area contributed by atoms with Crippen molar-refractivity contribution in [3.63, 3.8) is 0 Å². The number of nitrogen functional groups attached to an aromatic ring is 1. The van der Waals surface area contributed by atoms with Gasteiger partial charge in [-0.1, -0.05) is 12.1 Å². The van der Waals surface area contributed by atoms with E-state index in [9.17, 15) is 9.18 Å². The molecule has 4 aromatic rings. The first-order valence-corrected chi connectivity index (χ1v) is 9.05. The number of aromatic nitrogens is 2. The van der Waals surface area contributed by atoms with Crippen LogP contribution in [0.2, 0.25) is 0 Å². The van der Waals surface area contributed by atoms with Gasteiger partial charge in [-0.25, -0.2) is 9.37 Å². The lowest BCUT2D eigenvalue weighted by Gasteiger charge is -2.04. The van der Waals surface area contributed by atoms with Crippen LogP contribution >= 0.6 is 11.3 Å². The number of pyridine rings is 2. The Morgan fingerprint density at radius 1 is 1.07 bits per heavy atom. The number of rotatable bonds is 4. The lowest BCUT2D eigenvalue weighted by Crippen LogP contribution is -2.22. The molecule has 1 amide bonds. The molecule has 3 heterocycles. The Kier molecular flexibility index (Phi) is 4.52. The highest BCUT2D eigenvalue weighted by atomic mass is 32.1. The number of thiophene rings is 1. The van der Waals surface area contributed by atoms with E-state index in [-0.39, 0.29) is 11.7 Å². The van der Waals surface area contributed by atoms with Crippen molar-refractivity contribution in [2.75, 3.05) is 5.73 Å². The maximum absolute atomic E-state index is 13.0. The average molecular weight is 378 g/mol. The number of nitrogens with two attached hydrogens (primary N) is 1. The number of anilines is 1. The van der Waals surface area contributed by atoms with Crippen molar-refractivity contribution in [2.24, 2.45) is 0 Å². The van der Waals surface area contributed by atoms with E-state index in [4.69, 9.17) is 5.73 Å². The first-order chi connectivity index (χ1) is 13.1. The molecule has 3 N–H and O–H groups in total. The predicted octanol–water partition coefficient (Wildman–Crippen LogP) is 4.01. The van der Waals surface area contributed by atoms with E-state index in [2.05, 4.69) is 15.3 Å². The third-order valence-corrected chi connectivity index (χ3v) is 5.26. The molecule has 0 saturated heterocycles. The monoisotopic (exact) mass is 378 g/mol. The van der Waals surface area contributed by atoms with Crippen LogP contribution in [0.4, 0.5) is 10.1 Å². The van der Waals surface area contributed by atoms with Gasteiger partial charge >= 0.3 is 0 Å². The second-order valence-corrected chi connectivity index (χ2v) is 6.94. The minimum Gasteiger partial charge on any atom is -0.397 e. The summed E-state index contributed by atoms with van der Waals surface area (Å²) in [6.07, 6.45) is 3.41. The van der Waals surface area contributed by atoms with Crippen molar-refractivity contribution in [1.82, 2.24) is 15.3 Å². The summed E-state index contributed by atoms with van der Waals surface area (Å²) in [5, 5.41) is 3.57. The average Bonchev–Trinajstić information content (AvgIpc) is 3.04. The standard InChI is InChI=1S/C20H15FN4OS/c21-14-3-1-12(2-4-14)11-24-19(26)18-17(22)15-5-6-16(25-20(15)27-18)13-7-9-23-10-8-13/h1-10H,11,22H2,(H,24,26). The Bertz CT molecular complexity index is 1110. The molecule has 0 radical (unpaired) electrons. The van der Waals surface area contributed by atoms with E-state index >= 15 is 0 Å². The number of carbonyl (C=O) groups excluding carboxylic acids is 1. The summed E-state index contributed by atoms with van der Waals surface area (Å²) >= 11 is 1.25. The summed E-state index contributed by atoms with van der Waals surface area (Å²) in [7, 11) is 0. The minimum absolute atomic E-state index is 0.273. The van der Waals surface area contributed by atoms with Gasteiger partial charge < -0.3 is 11.1 Å². The van der Waals surface area contributed by atoms with E-state index in [0.29, 0.717) is 21.9 Å². The fraction of sp³-hybridized carbons (Fsp3) is 0.0500. The van der Waals surface area contributed by atoms with Crippen LogP contribution < -0.4 is 11.1 Å². The Labute approximate surface area is 158 Å². The van der Waals surface area contributed by atoms with Gasteiger partial charge in [0.2, 0.25) is 0 Å². The van der Waals surface area contributed by atoms with E-state index in [1.807, 2.05) is 24.3 Å². The molecule has 0 aliphatic carbocycles. The van der Waals surface area contributed by atoms with Crippen LogP contribution in [0.3, 0.4) is 0 Å². The number of halogens is 1. The fourth-order valence-electron chi connectivity index (χ4n) is 2.71. The van der Waals surface area contributed by atoms with Crippen molar-refractivity contribution in [1.29, 1.82) is 0 Å². The largest absolute Gasteiger partial charge is 0.397 e. The van der Waals surface area contributed by atoms with Gasteiger partial charge in [-0.3, -0.25) is 9.78 Å². The number of nitrogens with zero attached hydrogens (tertiary/aromatic N) is 2. The predicted molar refractivity (Wildman–Crippen MR) is 105 cm³/mol. The SMILES string of the molecule is Nc1c(C(=O)NCc2ccc(F)cc2)sc2nc(-c3ccncc3)ccc12. The van der Waals surface area contributed by atoms with Crippen molar-refractivity contribution in [3.05, 3.63) is 77.2 Å². The lowest BCUT2D eigenvalue weighted by atomic mass is 10.1. The molecule has 0 aliphatic heterocycles. The van der Waals surface area contributed by atoms with Gasteiger partial charge in [0.05, 0.1) is 11.4 Å². The molecule has 134 valence electrons. The summed E-state index contributed by atoms with van der Waals surface area (Å²) in [6.45, 7) is 0.294. The molecule has 4 rings (SSSR count). The zero-order chi connectivity index (χ0) is 18.8. The van der Waals surface area contributed by atoms with Crippen LogP contribution in [-0.2, 0) is 6.54 Å². The van der Waals surface area contributed by atoms with Crippen LogP contribution in [0.15, 0.2) is 60.9 Å². The van der Waals surface area contributed by atoms with E-state index in [1.165, 1.54) is 23.5 Å². The second kappa shape index (κ2) is 7.13. The number of fused-ring (bicyclic) bond motifs is 1. The second-order valence-electron chi connectivity index (χ2n) is 5.94. The zero-order valence-corrected chi connectivity index (χ0v) is 15.0. The van der Waals surface area contributed by atoms with Crippen molar-refractivity contribution >= 4 is 33.1 Å². The number of hydrogen-bond donors (Lipinski definition) is 2. The summed E-state index contributed by atoms with van der Waals surface area (Å²) in [6, 6.07) is 13.5. The molecule has 5 nitrogen and oxygen atoms in total. The molecule has 0 saturated carbocycles. The zero-order valence-electron chi connectivity index (χ0n) is 14.1. The van der Waals surface area contributed by atoms with E-state index in [0.717, 1.165) is 22.2 Å². The molecule has 27 heavy (non-hydrogen) atoms. The van der Waals surface area contributed by atoms with Crippen molar-refractivity contribution in [2.45, 2.75) is 6.54 Å². The highest BCUT2D eigenvalue weighted by Crippen LogP contribution is 2.34. The Hall–Kier alpha value is -3.32. The summed E-state index contributed by atoms with van der Waals surface area (Å²) in [4.78, 5) is 22.3. The van der Waals surface area contributed by atoms with Crippen molar-refractivity contribution in [3.8, 4) is 11.3 Å². The minimum atomic E-state index is -0.310. The number of nitrogens with one attached hydrogen (secondary N) is 1. The van der Waals surface area contributed by atoms with E-state index in [1.54, 1.807) is 24.5 Å². The summed E-state index contributed by atoms with van der Waals surface area (Å²) < 4.78 is 13.0. The number of benzene rings is 1. The lowest BCUT2D eigenvalue weighted by molar-refractivity contribution is 0.0956. The van der Waals surface area contributed by atoms with E-state index < -0.39 is 0 Å². The van der Waals surface area contributed by atoms with Crippen molar-refractivity contribution < 1.29 is 9.18 Å².